The minimum Gasteiger partial charge on any atom is -0.508 e. The molecule has 146 valence electrons. The summed E-state index contributed by atoms with van der Waals surface area (Å²) in [7, 11) is 0. The van der Waals surface area contributed by atoms with E-state index in [1.165, 1.54) is 30.3 Å². The fourth-order valence-electron chi connectivity index (χ4n) is 1.91. The van der Waals surface area contributed by atoms with Crippen molar-refractivity contribution < 1.29 is 29.3 Å². The molecule has 2 aromatic carbocycles. The average molecular weight is 374 g/mol. The molecule has 0 amide bonds. The van der Waals surface area contributed by atoms with Crippen LogP contribution in [0.5, 0.6) is 11.5 Å². The molecule has 0 bridgehead atoms. The summed E-state index contributed by atoms with van der Waals surface area (Å²) in [5, 5.41) is 18.3. The molecule has 0 unspecified atom stereocenters. The number of para-hydroxylation sites is 1. The Labute approximate surface area is 159 Å². The average Bonchev–Trinajstić information content (AvgIpc) is 2.62. The number of phenolic OH excluding ortho intramolecular Hbond substituents is 2. The van der Waals surface area contributed by atoms with Gasteiger partial charge in [0, 0.05) is 0 Å². The van der Waals surface area contributed by atoms with Crippen LogP contribution in [-0.2, 0) is 9.47 Å². The van der Waals surface area contributed by atoms with E-state index in [4.69, 9.17) is 14.6 Å². The zero-order chi connectivity index (χ0) is 20.2. The van der Waals surface area contributed by atoms with E-state index >= 15 is 0 Å². The summed E-state index contributed by atoms with van der Waals surface area (Å²) in [5.41, 5.74) is 0.676. The highest BCUT2D eigenvalue weighted by molar-refractivity contribution is 5.92. The van der Waals surface area contributed by atoms with Crippen molar-refractivity contribution in [3.63, 3.8) is 0 Å². The van der Waals surface area contributed by atoms with Gasteiger partial charge < -0.3 is 19.7 Å². The third-order valence-corrected chi connectivity index (χ3v) is 3.30. The van der Waals surface area contributed by atoms with Crippen LogP contribution in [0.3, 0.4) is 0 Å². The van der Waals surface area contributed by atoms with Gasteiger partial charge in [-0.1, -0.05) is 25.5 Å². The first-order valence-electron chi connectivity index (χ1n) is 8.80. The number of carbonyl (C=O) groups excluding carboxylic acids is 2. The Morgan fingerprint density at radius 1 is 0.963 bits per heavy atom. The highest BCUT2D eigenvalue weighted by atomic mass is 16.5. The van der Waals surface area contributed by atoms with Gasteiger partial charge in [-0.15, -0.1) is 0 Å². The normalized spacial score (nSPS) is 9.93. The Kier molecular flexibility index (Phi) is 9.43. The molecule has 0 fully saturated rings. The maximum absolute atomic E-state index is 11.4. The molecule has 6 nitrogen and oxygen atoms in total. The lowest BCUT2D eigenvalue weighted by Gasteiger charge is -2.07. The van der Waals surface area contributed by atoms with Crippen molar-refractivity contribution in [1.82, 2.24) is 0 Å². The molecule has 0 saturated heterocycles. The Morgan fingerprint density at radius 3 is 2.15 bits per heavy atom. The molecule has 0 aromatic heterocycles. The lowest BCUT2D eigenvalue weighted by atomic mass is 10.2. The molecule has 2 aromatic rings. The van der Waals surface area contributed by atoms with Crippen LogP contribution in [0.15, 0.2) is 48.5 Å². The summed E-state index contributed by atoms with van der Waals surface area (Å²) in [4.78, 5) is 22.6. The van der Waals surface area contributed by atoms with E-state index in [0.29, 0.717) is 12.2 Å². The standard InChI is InChI=1S/C11H14O3.C10H12O3/c1-2-3-8-14-11(13)9-6-4-5-7-10(9)12;1-7(2)13-10(12)8-3-5-9(11)6-4-8/h4-7,12H,2-3,8H2,1H3;3-7,11H,1-2H3. The van der Waals surface area contributed by atoms with Crippen LogP contribution >= 0.6 is 0 Å². The van der Waals surface area contributed by atoms with E-state index in [-0.39, 0.29) is 29.1 Å². The second-order valence-corrected chi connectivity index (χ2v) is 6.01. The van der Waals surface area contributed by atoms with E-state index in [1.54, 1.807) is 32.0 Å². The second kappa shape index (κ2) is 11.6. The lowest BCUT2D eigenvalue weighted by Crippen LogP contribution is -2.11. The molecule has 27 heavy (non-hydrogen) atoms. The number of rotatable bonds is 6. The number of benzene rings is 2. The van der Waals surface area contributed by atoms with Crippen molar-refractivity contribution in [2.24, 2.45) is 0 Å². The molecule has 0 spiro atoms. The van der Waals surface area contributed by atoms with Crippen LogP contribution in [0.2, 0.25) is 0 Å². The number of phenols is 2. The monoisotopic (exact) mass is 374 g/mol. The van der Waals surface area contributed by atoms with Gasteiger partial charge in [-0.3, -0.25) is 0 Å². The molecule has 0 aliphatic carbocycles. The van der Waals surface area contributed by atoms with Crippen molar-refractivity contribution in [2.45, 2.75) is 39.7 Å². The number of aromatic hydroxyl groups is 2. The van der Waals surface area contributed by atoms with Crippen molar-refractivity contribution in [1.29, 1.82) is 0 Å². The number of ether oxygens (including phenoxy) is 2. The van der Waals surface area contributed by atoms with E-state index in [1.807, 2.05) is 6.92 Å². The van der Waals surface area contributed by atoms with Gasteiger partial charge in [-0.2, -0.15) is 0 Å². The van der Waals surface area contributed by atoms with E-state index in [9.17, 15) is 14.7 Å². The van der Waals surface area contributed by atoms with E-state index in [2.05, 4.69) is 0 Å². The van der Waals surface area contributed by atoms with Gasteiger partial charge in [0.1, 0.15) is 17.1 Å². The largest absolute Gasteiger partial charge is 0.508 e. The van der Waals surface area contributed by atoms with Gasteiger partial charge in [0.25, 0.3) is 0 Å². The van der Waals surface area contributed by atoms with Crippen LogP contribution in [-0.4, -0.2) is 34.9 Å². The van der Waals surface area contributed by atoms with Gasteiger partial charge in [0.05, 0.1) is 18.3 Å². The van der Waals surface area contributed by atoms with Gasteiger partial charge in [-0.25, -0.2) is 9.59 Å². The molecule has 6 heteroatoms. The number of esters is 2. The molecular weight excluding hydrogens is 348 g/mol. The van der Waals surface area contributed by atoms with Crippen LogP contribution in [0.1, 0.15) is 54.3 Å². The van der Waals surface area contributed by atoms with Crippen molar-refractivity contribution in [3.05, 3.63) is 59.7 Å². The zero-order valence-corrected chi connectivity index (χ0v) is 15.8. The molecule has 0 radical (unpaired) electrons. The van der Waals surface area contributed by atoms with Crippen LogP contribution in [0.25, 0.3) is 0 Å². The fraction of sp³-hybridized carbons (Fsp3) is 0.333. The summed E-state index contributed by atoms with van der Waals surface area (Å²) < 4.78 is 9.91. The van der Waals surface area contributed by atoms with Crippen molar-refractivity contribution in [3.8, 4) is 11.5 Å². The maximum Gasteiger partial charge on any atom is 0.341 e. The highest BCUT2D eigenvalue weighted by Crippen LogP contribution is 2.16. The number of carbonyl (C=O) groups is 2. The summed E-state index contributed by atoms with van der Waals surface area (Å²) >= 11 is 0. The fourth-order valence-corrected chi connectivity index (χ4v) is 1.91. The van der Waals surface area contributed by atoms with Gasteiger partial charge in [0.15, 0.2) is 0 Å². The molecule has 2 N–H and O–H groups in total. The third kappa shape index (κ3) is 8.27. The van der Waals surface area contributed by atoms with Crippen LogP contribution in [0.4, 0.5) is 0 Å². The van der Waals surface area contributed by atoms with Crippen LogP contribution in [0, 0.1) is 0 Å². The van der Waals surface area contributed by atoms with E-state index < -0.39 is 5.97 Å². The maximum atomic E-state index is 11.4. The summed E-state index contributed by atoms with van der Waals surface area (Å²) in [5.74, 6) is -0.721. The Hall–Kier alpha value is -3.02. The lowest BCUT2D eigenvalue weighted by molar-refractivity contribution is 0.0377. The Bertz CT molecular complexity index is 722. The molecule has 0 atom stereocenters. The van der Waals surface area contributed by atoms with Gasteiger partial charge in [-0.05, 0) is 56.7 Å². The number of hydrogen-bond acceptors (Lipinski definition) is 6. The highest BCUT2D eigenvalue weighted by Gasteiger charge is 2.10. The SMILES string of the molecule is CC(C)OC(=O)c1ccc(O)cc1.CCCCOC(=O)c1ccccc1O. The zero-order valence-electron chi connectivity index (χ0n) is 15.8. The summed E-state index contributed by atoms with van der Waals surface area (Å²) in [6.07, 6.45) is 1.70. The predicted octanol–water partition coefficient (Wildman–Crippen LogP) is 4.31. The third-order valence-electron chi connectivity index (χ3n) is 3.30. The van der Waals surface area contributed by atoms with Crippen molar-refractivity contribution >= 4 is 11.9 Å². The first-order valence-corrected chi connectivity index (χ1v) is 8.80. The predicted molar refractivity (Wildman–Crippen MR) is 102 cm³/mol. The molecule has 0 saturated carbocycles. The van der Waals surface area contributed by atoms with Crippen molar-refractivity contribution in [2.75, 3.05) is 6.61 Å². The van der Waals surface area contributed by atoms with Crippen LogP contribution < -0.4 is 0 Å². The smallest absolute Gasteiger partial charge is 0.341 e. The minimum atomic E-state index is -0.462. The minimum absolute atomic E-state index is 0.0333. The quantitative estimate of drug-likeness (QED) is 0.578. The first kappa shape index (κ1) is 22.0. The number of unbranched alkanes of at least 4 members (excludes halogenated alkanes) is 1. The molecule has 0 aliphatic heterocycles. The first-order chi connectivity index (χ1) is 12.8. The molecule has 0 heterocycles. The van der Waals surface area contributed by atoms with Gasteiger partial charge >= 0.3 is 11.9 Å². The molecule has 2 rings (SSSR count). The second-order valence-electron chi connectivity index (χ2n) is 6.01. The number of hydrogen-bond donors (Lipinski definition) is 2. The summed E-state index contributed by atoms with van der Waals surface area (Å²) in [6.45, 7) is 6.01. The van der Waals surface area contributed by atoms with Gasteiger partial charge in [0.2, 0.25) is 0 Å². The molecular formula is C21H26O6. The topological polar surface area (TPSA) is 93.1 Å². The summed E-state index contributed by atoms with van der Waals surface area (Å²) in [6, 6.07) is 12.3. The Morgan fingerprint density at radius 2 is 1.59 bits per heavy atom. The molecule has 0 aliphatic rings. The Balaban J connectivity index is 0.000000271. The van der Waals surface area contributed by atoms with E-state index in [0.717, 1.165) is 12.8 Å².